The summed E-state index contributed by atoms with van der Waals surface area (Å²) in [6.45, 7) is 7.19. The molecule has 6 nitrogen and oxygen atoms in total. The summed E-state index contributed by atoms with van der Waals surface area (Å²) in [7, 11) is 3.23. The maximum atomic E-state index is 11.6. The third-order valence-corrected chi connectivity index (χ3v) is 4.72. The number of guanidine groups is 1. The average molecular weight is 489 g/mol. The van der Waals surface area contributed by atoms with Crippen molar-refractivity contribution in [1.82, 2.24) is 10.2 Å². The molecule has 0 aliphatic carbocycles. The summed E-state index contributed by atoms with van der Waals surface area (Å²) in [5.74, 6) is 2.13. The number of nitrogens with zero attached hydrogens (tertiary/aromatic N) is 2. The van der Waals surface area contributed by atoms with E-state index in [0.717, 1.165) is 37.6 Å². The lowest BCUT2D eigenvalue weighted by molar-refractivity contribution is -0.146. The SMILES string of the molecule is CN=C(NCCOc1ccccc1C(C)C)N1CCC(C(=O)OC)CC1.I. The molecule has 152 valence electrons. The number of piperidine rings is 1. The number of hydrogen-bond acceptors (Lipinski definition) is 4. The number of ether oxygens (including phenoxy) is 2. The molecule has 2 rings (SSSR count). The maximum absolute atomic E-state index is 11.6. The van der Waals surface area contributed by atoms with E-state index in [9.17, 15) is 4.79 Å². The van der Waals surface area contributed by atoms with Crippen LogP contribution < -0.4 is 10.1 Å². The topological polar surface area (TPSA) is 63.2 Å². The summed E-state index contributed by atoms with van der Waals surface area (Å²) in [6, 6.07) is 8.17. The molecule has 0 atom stereocenters. The van der Waals surface area contributed by atoms with Gasteiger partial charge in [0, 0.05) is 20.1 Å². The van der Waals surface area contributed by atoms with Gasteiger partial charge in [0.2, 0.25) is 0 Å². The van der Waals surface area contributed by atoms with Crippen molar-refractivity contribution in [3.63, 3.8) is 0 Å². The zero-order valence-electron chi connectivity index (χ0n) is 16.7. The molecule has 1 aromatic rings. The van der Waals surface area contributed by atoms with Crippen LogP contribution in [-0.2, 0) is 9.53 Å². The van der Waals surface area contributed by atoms with Crippen LogP contribution in [0.2, 0.25) is 0 Å². The third kappa shape index (κ3) is 6.86. The van der Waals surface area contributed by atoms with Gasteiger partial charge in [0.25, 0.3) is 0 Å². The van der Waals surface area contributed by atoms with Crippen LogP contribution in [0.4, 0.5) is 0 Å². The number of likely N-dealkylation sites (tertiary alicyclic amines) is 1. The number of benzene rings is 1. The maximum Gasteiger partial charge on any atom is 0.308 e. The smallest absolute Gasteiger partial charge is 0.308 e. The van der Waals surface area contributed by atoms with E-state index < -0.39 is 0 Å². The summed E-state index contributed by atoms with van der Waals surface area (Å²) in [4.78, 5) is 18.2. The predicted molar refractivity (Wildman–Crippen MR) is 119 cm³/mol. The molecule has 1 aliphatic rings. The molecule has 1 N–H and O–H groups in total. The van der Waals surface area contributed by atoms with Crippen LogP contribution in [0.25, 0.3) is 0 Å². The highest BCUT2D eigenvalue weighted by Gasteiger charge is 2.26. The van der Waals surface area contributed by atoms with Crippen LogP contribution in [0, 0.1) is 5.92 Å². The number of para-hydroxylation sites is 1. The lowest BCUT2D eigenvalue weighted by Gasteiger charge is -2.33. The highest BCUT2D eigenvalue weighted by Crippen LogP contribution is 2.25. The number of carbonyl (C=O) groups is 1. The summed E-state index contributed by atoms with van der Waals surface area (Å²) >= 11 is 0. The standard InChI is InChI=1S/C20H31N3O3.HI/c1-15(2)17-7-5-6-8-18(17)26-14-11-22-20(21-3)23-12-9-16(10-13-23)19(24)25-4;/h5-8,15-16H,9-14H2,1-4H3,(H,21,22);1H. The molecule has 0 aromatic heterocycles. The van der Waals surface area contributed by atoms with Crippen LogP contribution in [0.1, 0.15) is 38.2 Å². The van der Waals surface area contributed by atoms with Crippen LogP contribution in [0.15, 0.2) is 29.3 Å². The number of hydrogen-bond donors (Lipinski definition) is 1. The zero-order valence-corrected chi connectivity index (χ0v) is 19.1. The Labute approximate surface area is 179 Å². The summed E-state index contributed by atoms with van der Waals surface area (Å²) in [5, 5.41) is 3.35. The second kappa shape index (κ2) is 12.0. The fraction of sp³-hybridized carbons (Fsp3) is 0.600. The Hall–Kier alpha value is -1.51. The Kier molecular flexibility index (Phi) is 10.5. The second-order valence-electron chi connectivity index (χ2n) is 6.80. The molecule has 0 spiro atoms. The van der Waals surface area contributed by atoms with Crippen molar-refractivity contribution in [2.24, 2.45) is 10.9 Å². The predicted octanol–water partition coefficient (Wildman–Crippen LogP) is 3.27. The average Bonchev–Trinajstić information content (AvgIpc) is 2.68. The highest BCUT2D eigenvalue weighted by molar-refractivity contribution is 14.0. The molecular formula is C20H32IN3O3. The van der Waals surface area contributed by atoms with Crippen LogP contribution in [-0.4, -0.2) is 57.2 Å². The minimum absolute atomic E-state index is 0. The van der Waals surface area contributed by atoms with Crippen LogP contribution >= 0.6 is 24.0 Å². The number of carbonyl (C=O) groups excluding carboxylic acids is 1. The van der Waals surface area contributed by atoms with Gasteiger partial charge < -0.3 is 19.7 Å². The number of aliphatic imine (C=N–C) groups is 1. The van der Waals surface area contributed by atoms with Gasteiger partial charge >= 0.3 is 5.97 Å². The van der Waals surface area contributed by atoms with Crippen molar-refractivity contribution in [1.29, 1.82) is 0 Å². The zero-order chi connectivity index (χ0) is 18.9. The number of rotatable bonds is 6. The van der Waals surface area contributed by atoms with Crippen molar-refractivity contribution < 1.29 is 14.3 Å². The van der Waals surface area contributed by atoms with Gasteiger partial charge in [-0.25, -0.2) is 0 Å². The molecular weight excluding hydrogens is 457 g/mol. The van der Waals surface area contributed by atoms with E-state index in [1.165, 1.54) is 12.7 Å². The Balaban J connectivity index is 0.00000364. The molecule has 27 heavy (non-hydrogen) atoms. The number of esters is 1. The van der Waals surface area contributed by atoms with E-state index in [0.29, 0.717) is 19.1 Å². The first-order valence-electron chi connectivity index (χ1n) is 9.32. The normalized spacial score (nSPS) is 15.3. The van der Waals surface area contributed by atoms with Crippen LogP contribution in [0.3, 0.4) is 0 Å². The van der Waals surface area contributed by atoms with Gasteiger partial charge in [-0.15, -0.1) is 24.0 Å². The molecule has 0 radical (unpaired) electrons. The Morgan fingerprint density at radius 2 is 1.96 bits per heavy atom. The third-order valence-electron chi connectivity index (χ3n) is 4.72. The molecule has 1 aliphatic heterocycles. The fourth-order valence-electron chi connectivity index (χ4n) is 3.24. The molecule has 1 heterocycles. The monoisotopic (exact) mass is 489 g/mol. The minimum atomic E-state index is -0.107. The first kappa shape index (κ1) is 23.5. The molecule has 0 bridgehead atoms. The number of halogens is 1. The molecule has 1 aromatic carbocycles. The van der Waals surface area contributed by atoms with Gasteiger partial charge in [0.05, 0.1) is 19.6 Å². The van der Waals surface area contributed by atoms with E-state index in [1.54, 1.807) is 7.05 Å². The van der Waals surface area contributed by atoms with E-state index in [4.69, 9.17) is 9.47 Å². The largest absolute Gasteiger partial charge is 0.491 e. The summed E-state index contributed by atoms with van der Waals surface area (Å²) in [5.41, 5.74) is 1.22. The minimum Gasteiger partial charge on any atom is -0.491 e. The van der Waals surface area contributed by atoms with Crippen LogP contribution in [0.5, 0.6) is 5.75 Å². The highest BCUT2D eigenvalue weighted by atomic mass is 127. The summed E-state index contributed by atoms with van der Waals surface area (Å²) in [6.07, 6.45) is 1.59. The van der Waals surface area contributed by atoms with E-state index >= 15 is 0 Å². The first-order chi connectivity index (χ1) is 12.6. The molecule has 0 unspecified atom stereocenters. The van der Waals surface area contributed by atoms with Crippen molar-refractivity contribution in [3.05, 3.63) is 29.8 Å². The van der Waals surface area contributed by atoms with Crippen molar-refractivity contribution >= 4 is 35.9 Å². The second-order valence-corrected chi connectivity index (χ2v) is 6.80. The van der Waals surface area contributed by atoms with Gasteiger partial charge in [-0.2, -0.15) is 0 Å². The molecule has 7 heteroatoms. The van der Waals surface area contributed by atoms with Gasteiger partial charge in [-0.1, -0.05) is 32.0 Å². The molecule has 1 saturated heterocycles. The number of methoxy groups -OCH3 is 1. The van der Waals surface area contributed by atoms with Gasteiger partial charge in [0.1, 0.15) is 12.4 Å². The molecule has 0 saturated carbocycles. The first-order valence-corrected chi connectivity index (χ1v) is 9.32. The van der Waals surface area contributed by atoms with Crippen molar-refractivity contribution in [3.8, 4) is 5.75 Å². The summed E-state index contributed by atoms with van der Waals surface area (Å²) < 4.78 is 10.8. The Morgan fingerprint density at radius 3 is 2.56 bits per heavy atom. The van der Waals surface area contributed by atoms with E-state index in [1.807, 2.05) is 18.2 Å². The van der Waals surface area contributed by atoms with E-state index in [2.05, 4.69) is 35.1 Å². The van der Waals surface area contributed by atoms with Crippen molar-refractivity contribution in [2.45, 2.75) is 32.6 Å². The molecule has 0 amide bonds. The van der Waals surface area contributed by atoms with Gasteiger partial charge in [-0.3, -0.25) is 9.79 Å². The Morgan fingerprint density at radius 1 is 1.30 bits per heavy atom. The quantitative estimate of drug-likeness (QED) is 0.219. The number of nitrogens with one attached hydrogen (secondary N) is 1. The molecule has 1 fully saturated rings. The Bertz CT molecular complexity index is 614. The van der Waals surface area contributed by atoms with E-state index in [-0.39, 0.29) is 35.9 Å². The lowest BCUT2D eigenvalue weighted by Crippen LogP contribution is -2.47. The lowest BCUT2D eigenvalue weighted by atomic mass is 9.97. The van der Waals surface area contributed by atoms with Crippen molar-refractivity contribution in [2.75, 3.05) is 40.4 Å². The van der Waals surface area contributed by atoms with Gasteiger partial charge in [0.15, 0.2) is 5.96 Å². The van der Waals surface area contributed by atoms with Gasteiger partial charge in [-0.05, 0) is 30.4 Å². The fourth-order valence-corrected chi connectivity index (χ4v) is 3.24.